The molecule has 2 atom stereocenters. The van der Waals surface area contributed by atoms with Crippen molar-refractivity contribution in [3.8, 4) is 0 Å². The van der Waals surface area contributed by atoms with Crippen LogP contribution in [0.15, 0.2) is 24.3 Å². The lowest BCUT2D eigenvalue weighted by molar-refractivity contribution is 0.113. The number of nitrogens with one attached hydrogen (secondary N) is 1. The molecule has 90 valence electrons. The van der Waals surface area contributed by atoms with Gasteiger partial charge < -0.3 is 10.4 Å². The molecule has 0 heterocycles. The number of benzene rings is 1. The molecule has 3 heteroatoms. The fraction of sp³-hybridized carbons (Fsp3) is 0.538. The first kappa shape index (κ1) is 13.1. The van der Waals surface area contributed by atoms with E-state index in [-0.39, 0.29) is 11.9 Å². The van der Waals surface area contributed by atoms with Gasteiger partial charge in [0.2, 0.25) is 0 Å². The first-order valence-corrected chi connectivity index (χ1v) is 5.76. The minimum atomic E-state index is -0.335. The molecule has 2 nitrogen and oxygen atoms in total. The van der Waals surface area contributed by atoms with Crippen molar-refractivity contribution in [3.63, 3.8) is 0 Å². The summed E-state index contributed by atoms with van der Waals surface area (Å²) < 4.78 is 12.9. The van der Waals surface area contributed by atoms with Crippen molar-refractivity contribution >= 4 is 0 Å². The van der Waals surface area contributed by atoms with Gasteiger partial charge in [-0.3, -0.25) is 0 Å². The highest BCUT2D eigenvalue weighted by molar-refractivity contribution is 5.15. The van der Waals surface area contributed by atoms with Crippen LogP contribution in [0.3, 0.4) is 0 Å². The number of aliphatic hydroxyl groups is 1. The van der Waals surface area contributed by atoms with Crippen LogP contribution in [0, 0.1) is 11.7 Å². The molecule has 0 radical (unpaired) electrons. The van der Waals surface area contributed by atoms with E-state index >= 15 is 0 Å². The highest BCUT2D eigenvalue weighted by atomic mass is 19.1. The van der Waals surface area contributed by atoms with Crippen molar-refractivity contribution in [1.29, 1.82) is 0 Å². The number of rotatable bonds is 6. The van der Waals surface area contributed by atoms with Crippen molar-refractivity contribution in [1.82, 2.24) is 5.32 Å². The van der Waals surface area contributed by atoms with Crippen molar-refractivity contribution < 1.29 is 9.50 Å². The second kappa shape index (κ2) is 6.61. The second-order valence-electron chi connectivity index (χ2n) is 4.21. The normalized spacial score (nSPS) is 14.8. The molecule has 16 heavy (non-hydrogen) atoms. The Morgan fingerprint density at radius 1 is 1.44 bits per heavy atom. The van der Waals surface area contributed by atoms with Crippen molar-refractivity contribution in [2.24, 2.45) is 5.92 Å². The van der Waals surface area contributed by atoms with Gasteiger partial charge in [-0.25, -0.2) is 4.39 Å². The predicted octanol–water partition coefficient (Wildman–Crippen LogP) is 2.32. The van der Waals surface area contributed by atoms with Crippen LogP contribution in [-0.2, 0) is 6.54 Å². The van der Waals surface area contributed by atoms with E-state index in [1.165, 1.54) is 12.1 Å². The molecule has 2 N–H and O–H groups in total. The number of hydrogen-bond acceptors (Lipinski definition) is 2. The highest BCUT2D eigenvalue weighted by Crippen LogP contribution is 2.07. The zero-order valence-corrected chi connectivity index (χ0v) is 9.91. The zero-order valence-electron chi connectivity index (χ0n) is 9.91. The van der Waals surface area contributed by atoms with Gasteiger partial charge in [0.05, 0.1) is 6.10 Å². The zero-order chi connectivity index (χ0) is 12.0. The predicted molar refractivity (Wildman–Crippen MR) is 63.6 cm³/mol. The molecule has 1 aromatic rings. The monoisotopic (exact) mass is 225 g/mol. The van der Waals surface area contributed by atoms with E-state index in [2.05, 4.69) is 12.2 Å². The highest BCUT2D eigenvalue weighted by Gasteiger charge is 2.10. The van der Waals surface area contributed by atoms with E-state index in [1.807, 2.05) is 13.0 Å². The molecule has 1 rings (SSSR count). The Morgan fingerprint density at radius 3 is 2.81 bits per heavy atom. The van der Waals surface area contributed by atoms with Gasteiger partial charge >= 0.3 is 0 Å². The third-order valence-electron chi connectivity index (χ3n) is 2.87. The SMILES string of the molecule is CCC(C)C(O)CNCc1cccc(F)c1. The minimum Gasteiger partial charge on any atom is -0.392 e. The van der Waals surface area contributed by atoms with Gasteiger partial charge in [0, 0.05) is 13.1 Å². The van der Waals surface area contributed by atoms with Crippen LogP contribution in [0.4, 0.5) is 4.39 Å². The van der Waals surface area contributed by atoms with Crippen LogP contribution >= 0.6 is 0 Å². The van der Waals surface area contributed by atoms with Gasteiger partial charge in [-0.2, -0.15) is 0 Å². The Kier molecular flexibility index (Phi) is 5.43. The van der Waals surface area contributed by atoms with Crippen LogP contribution in [0.25, 0.3) is 0 Å². The lowest BCUT2D eigenvalue weighted by Crippen LogP contribution is -2.31. The van der Waals surface area contributed by atoms with E-state index in [0.29, 0.717) is 19.0 Å². The summed E-state index contributed by atoms with van der Waals surface area (Å²) in [6, 6.07) is 6.49. The van der Waals surface area contributed by atoms with Gasteiger partial charge in [-0.1, -0.05) is 32.4 Å². The molecule has 0 bridgehead atoms. The topological polar surface area (TPSA) is 32.3 Å². The third-order valence-corrected chi connectivity index (χ3v) is 2.87. The van der Waals surface area contributed by atoms with E-state index < -0.39 is 0 Å². The molecule has 0 saturated carbocycles. The molecule has 0 amide bonds. The van der Waals surface area contributed by atoms with Gasteiger partial charge in [-0.15, -0.1) is 0 Å². The Balaban J connectivity index is 2.30. The summed E-state index contributed by atoms with van der Waals surface area (Å²) >= 11 is 0. The quantitative estimate of drug-likeness (QED) is 0.778. The van der Waals surface area contributed by atoms with Gasteiger partial charge in [0.1, 0.15) is 5.82 Å². The number of halogens is 1. The van der Waals surface area contributed by atoms with Crippen LogP contribution in [0.1, 0.15) is 25.8 Å². The summed E-state index contributed by atoms with van der Waals surface area (Å²) in [7, 11) is 0. The van der Waals surface area contributed by atoms with Crippen molar-refractivity contribution in [3.05, 3.63) is 35.6 Å². The molecule has 2 unspecified atom stereocenters. The second-order valence-corrected chi connectivity index (χ2v) is 4.21. The van der Waals surface area contributed by atoms with Crippen molar-refractivity contribution in [2.75, 3.05) is 6.54 Å². The molecule has 0 saturated heterocycles. The molecule has 0 spiro atoms. The Labute approximate surface area is 96.5 Å². The minimum absolute atomic E-state index is 0.221. The molecule has 0 aliphatic rings. The first-order chi connectivity index (χ1) is 7.63. The Bertz CT molecular complexity index is 317. The smallest absolute Gasteiger partial charge is 0.123 e. The molecule has 0 aliphatic carbocycles. The molecule has 0 aromatic heterocycles. The average Bonchev–Trinajstić information content (AvgIpc) is 2.28. The third kappa shape index (κ3) is 4.29. The summed E-state index contributed by atoms with van der Waals surface area (Å²) in [5.41, 5.74) is 0.899. The Hall–Kier alpha value is -0.930. The van der Waals surface area contributed by atoms with E-state index in [1.54, 1.807) is 6.07 Å². The van der Waals surface area contributed by atoms with Gasteiger partial charge in [0.25, 0.3) is 0 Å². The number of aliphatic hydroxyl groups excluding tert-OH is 1. The van der Waals surface area contributed by atoms with Gasteiger partial charge in [0.15, 0.2) is 0 Å². The standard InChI is InChI=1S/C13H20FNO/c1-3-10(2)13(16)9-15-8-11-5-4-6-12(14)7-11/h4-7,10,13,15-16H,3,8-9H2,1-2H3. The summed E-state index contributed by atoms with van der Waals surface area (Å²) in [5, 5.41) is 12.8. The Morgan fingerprint density at radius 2 is 2.19 bits per heavy atom. The van der Waals surface area contributed by atoms with E-state index in [4.69, 9.17) is 0 Å². The molecule has 1 aromatic carbocycles. The summed E-state index contributed by atoms with van der Waals surface area (Å²) in [6.07, 6.45) is 0.626. The van der Waals surface area contributed by atoms with Crippen LogP contribution in [0.5, 0.6) is 0 Å². The maximum Gasteiger partial charge on any atom is 0.123 e. The van der Waals surface area contributed by atoms with Crippen LogP contribution in [0.2, 0.25) is 0 Å². The van der Waals surface area contributed by atoms with Crippen molar-refractivity contribution in [2.45, 2.75) is 32.9 Å². The van der Waals surface area contributed by atoms with E-state index in [0.717, 1.165) is 12.0 Å². The average molecular weight is 225 g/mol. The fourth-order valence-electron chi connectivity index (χ4n) is 1.48. The fourth-order valence-corrected chi connectivity index (χ4v) is 1.48. The largest absolute Gasteiger partial charge is 0.392 e. The molecular weight excluding hydrogens is 205 g/mol. The maximum absolute atomic E-state index is 12.9. The summed E-state index contributed by atoms with van der Waals surface area (Å²) in [4.78, 5) is 0. The first-order valence-electron chi connectivity index (χ1n) is 5.76. The summed E-state index contributed by atoms with van der Waals surface area (Å²) in [5.74, 6) is 0.0711. The van der Waals surface area contributed by atoms with Crippen LogP contribution < -0.4 is 5.32 Å². The maximum atomic E-state index is 12.9. The molecule has 0 aliphatic heterocycles. The molecular formula is C13H20FNO. The van der Waals surface area contributed by atoms with Gasteiger partial charge in [-0.05, 0) is 23.6 Å². The lowest BCUT2D eigenvalue weighted by atomic mass is 10.0. The van der Waals surface area contributed by atoms with Crippen LogP contribution in [-0.4, -0.2) is 17.8 Å². The number of hydrogen-bond donors (Lipinski definition) is 2. The lowest BCUT2D eigenvalue weighted by Gasteiger charge is -2.17. The molecule has 0 fully saturated rings. The van der Waals surface area contributed by atoms with E-state index in [9.17, 15) is 9.50 Å². The summed E-state index contributed by atoms with van der Waals surface area (Å²) in [6.45, 7) is 5.21.